The molecule has 6 heteroatoms. The molecule has 0 N–H and O–H groups in total. The van der Waals surface area contributed by atoms with Gasteiger partial charge in [0.15, 0.2) is 0 Å². The lowest BCUT2D eigenvalue weighted by Crippen LogP contribution is -2.28. The number of carbonyl (C=O) groups is 2. The first-order valence-electron chi connectivity index (χ1n) is 7.54. The largest absolute Gasteiger partial charge is 0.496 e. The lowest BCUT2D eigenvalue weighted by molar-refractivity contribution is -0.140. The summed E-state index contributed by atoms with van der Waals surface area (Å²) < 4.78 is 5.97. The number of ether oxygens (including phenoxy) is 1. The van der Waals surface area contributed by atoms with Gasteiger partial charge in [-0.15, -0.1) is 0 Å². The predicted molar refractivity (Wildman–Crippen MR) is 87.9 cm³/mol. The van der Waals surface area contributed by atoms with Crippen molar-refractivity contribution in [2.24, 2.45) is 28.8 Å². The molecule has 23 heavy (non-hydrogen) atoms. The molecule has 3 aliphatic rings. The van der Waals surface area contributed by atoms with Gasteiger partial charge in [0, 0.05) is 0 Å². The first kappa shape index (κ1) is 14.6. The van der Waals surface area contributed by atoms with Crippen molar-refractivity contribution in [3.05, 3.63) is 40.4 Å². The Bertz CT molecular complexity index is 728. The molecular formula is C17H15BrN2O3. The Balaban J connectivity index is 1.57. The van der Waals surface area contributed by atoms with Gasteiger partial charge in [0.2, 0.25) is 0 Å². The molecule has 0 aromatic heterocycles. The van der Waals surface area contributed by atoms with Crippen LogP contribution in [0.15, 0.2) is 39.9 Å². The SMILES string of the molecule is COc1ccc(/C=N\N2C(=O)[C@@H]3[C@H](C2=O)[C@@H]2C=C[C@H]3C2)cc1Br. The molecule has 1 aromatic rings. The van der Waals surface area contributed by atoms with Gasteiger partial charge in [0.1, 0.15) is 5.75 Å². The van der Waals surface area contributed by atoms with Crippen LogP contribution in [0.4, 0.5) is 0 Å². The van der Waals surface area contributed by atoms with Crippen molar-refractivity contribution >= 4 is 34.0 Å². The van der Waals surface area contributed by atoms with Crippen molar-refractivity contribution in [3.63, 3.8) is 0 Å². The molecule has 1 saturated heterocycles. The second kappa shape index (κ2) is 5.30. The average Bonchev–Trinajstić information content (AvgIpc) is 3.21. The molecule has 5 nitrogen and oxygen atoms in total. The highest BCUT2D eigenvalue weighted by Gasteiger charge is 2.59. The molecule has 0 radical (unpaired) electrons. The summed E-state index contributed by atoms with van der Waals surface area (Å²) in [7, 11) is 1.59. The number of imide groups is 1. The summed E-state index contributed by atoms with van der Waals surface area (Å²) in [5, 5.41) is 5.21. The van der Waals surface area contributed by atoms with E-state index in [1.807, 2.05) is 12.1 Å². The van der Waals surface area contributed by atoms with Crippen LogP contribution < -0.4 is 4.74 Å². The number of methoxy groups -OCH3 is 1. The van der Waals surface area contributed by atoms with Gasteiger partial charge in [-0.25, -0.2) is 0 Å². The summed E-state index contributed by atoms with van der Waals surface area (Å²) in [6.07, 6.45) is 6.61. The van der Waals surface area contributed by atoms with E-state index < -0.39 is 0 Å². The zero-order valence-corrected chi connectivity index (χ0v) is 14.1. The number of hydrogen-bond donors (Lipinski definition) is 0. The number of halogens is 1. The van der Waals surface area contributed by atoms with Gasteiger partial charge >= 0.3 is 0 Å². The minimum Gasteiger partial charge on any atom is -0.496 e. The van der Waals surface area contributed by atoms with Crippen molar-refractivity contribution in [3.8, 4) is 5.75 Å². The van der Waals surface area contributed by atoms with Crippen LogP contribution in [0.1, 0.15) is 12.0 Å². The zero-order chi connectivity index (χ0) is 16.1. The Morgan fingerprint density at radius 3 is 2.43 bits per heavy atom. The van der Waals surface area contributed by atoms with Gasteiger partial charge in [0.25, 0.3) is 11.8 Å². The number of nitrogens with zero attached hydrogens (tertiary/aromatic N) is 2. The Hall–Kier alpha value is -1.95. The van der Waals surface area contributed by atoms with Gasteiger partial charge in [-0.1, -0.05) is 12.2 Å². The van der Waals surface area contributed by atoms with E-state index >= 15 is 0 Å². The molecule has 4 atom stereocenters. The quantitative estimate of drug-likeness (QED) is 0.464. The van der Waals surface area contributed by atoms with Crippen LogP contribution in [-0.2, 0) is 9.59 Å². The lowest BCUT2D eigenvalue weighted by atomic mass is 9.85. The van der Waals surface area contributed by atoms with Crippen LogP contribution in [0.2, 0.25) is 0 Å². The van der Waals surface area contributed by atoms with Crippen LogP contribution in [0.25, 0.3) is 0 Å². The number of allylic oxidation sites excluding steroid dienone is 2. The third kappa shape index (κ3) is 2.16. The maximum absolute atomic E-state index is 12.5. The van der Waals surface area contributed by atoms with Crippen molar-refractivity contribution < 1.29 is 14.3 Å². The number of rotatable bonds is 3. The van der Waals surface area contributed by atoms with Crippen LogP contribution in [-0.4, -0.2) is 30.1 Å². The molecule has 118 valence electrons. The maximum Gasteiger partial charge on any atom is 0.254 e. The summed E-state index contributed by atoms with van der Waals surface area (Å²) in [4.78, 5) is 25.0. The highest BCUT2D eigenvalue weighted by atomic mass is 79.9. The number of benzene rings is 1. The Morgan fingerprint density at radius 1 is 1.22 bits per heavy atom. The van der Waals surface area contributed by atoms with E-state index in [9.17, 15) is 9.59 Å². The highest BCUT2D eigenvalue weighted by molar-refractivity contribution is 9.10. The normalized spacial score (nSPS) is 31.5. The molecule has 0 spiro atoms. The van der Waals surface area contributed by atoms with Gasteiger partial charge < -0.3 is 4.74 Å². The fraction of sp³-hybridized carbons (Fsp3) is 0.353. The summed E-state index contributed by atoms with van der Waals surface area (Å²) in [6.45, 7) is 0. The summed E-state index contributed by atoms with van der Waals surface area (Å²) in [5.74, 6) is 0.372. The van der Waals surface area contributed by atoms with E-state index in [1.54, 1.807) is 13.2 Å². The minimum absolute atomic E-state index is 0.166. The molecule has 2 amide bonds. The zero-order valence-electron chi connectivity index (χ0n) is 12.5. The van der Waals surface area contributed by atoms with E-state index in [0.717, 1.165) is 21.5 Å². The molecule has 4 rings (SSSR count). The topological polar surface area (TPSA) is 59.0 Å². The second-order valence-corrected chi connectivity index (χ2v) is 6.98. The van der Waals surface area contributed by atoms with Crippen LogP contribution in [0, 0.1) is 23.7 Å². The van der Waals surface area contributed by atoms with Crippen molar-refractivity contribution in [2.45, 2.75) is 6.42 Å². The third-order valence-corrected chi connectivity index (χ3v) is 5.56. The third-order valence-electron chi connectivity index (χ3n) is 4.95. The minimum atomic E-state index is -0.211. The van der Waals surface area contributed by atoms with Crippen molar-refractivity contribution in [1.82, 2.24) is 5.01 Å². The smallest absolute Gasteiger partial charge is 0.254 e. The molecular weight excluding hydrogens is 360 g/mol. The summed E-state index contributed by atoms with van der Waals surface area (Å²) in [5.41, 5.74) is 0.788. The van der Waals surface area contributed by atoms with Gasteiger partial charge in [-0.2, -0.15) is 10.1 Å². The van der Waals surface area contributed by atoms with Gasteiger partial charge in [-0.3, -0.25) is 9.59 Å². The molecule has 1 aliphatic heterocycles. The van der Waals surface area contributed by atoms with Crippen LogP contribution in [0.3, 0.4) is 0 Å². The fourth-order valence-electron chi connectivity index (χ4n) is 3.89. The van der Waals surface area contributed by atoms with E-state index in [4.69, 9.17) is 4.74 Å². The van der Waals surface area contributed by atoms with Crippen molar-refractivity contribution in [1.29, 1.82) is 0 Å². The lowest BCUT2D eigenvalue weighted by Gasteiger charge is -2.13. The average molecular weight is 375 g/mol. The second-order valence-electron chi connectivity index (χ2n) is 6.13. The molecule has 2 bridgehead atoms. The van der Waals surface area contributed by atoms with E-state index in [-0.39, 0.29) is 35.5 Å². The number of fused-ring (bicyclic) bond motifs is 5. The molecule has 2 fully saturated rings. The molecule has 1 aromatic carbocycles. The Labute approximate surface area is 142 Å². The van der Waals surface area contributed by atoms with E-state index in [0.29, 0.717) is 5.75 Å². The first-order chi connectivity index (χ1) is 11.1. The Kier molecular flexibility index (Phi) is 3.37. The fourth-order valence-corrected chi connectivity index (χ4v) is 4.45. The van der Waals surface area contributed by atoms with Crippen LogP contribution in [0.5, 0.6) is 5.75 Å². The van der Waals surface area contributed by atoms with E-state index in [1.165, 1.54) is 6.21 Å². The molecule has 1 heterocycles. The monoisotopic (exact) mass is 374 g/mol. The van der Waals surface area contributed by atoms with Crippen molar-refractivity contribution in [2.75, 3.05) is 7.11 Å². The summed E-state index contributed by atoms with van der Waals surface area (Å²) in [6, 6.07) is 5.46. The standard InChI is InChI=1S/C17H15BrN2O3/c1-23-13-5-2-9(6-12(13)18)8-19-20-16(21)14-10-3-4-11(7-10)15(14)17(20)22/h2-6,8,10-11,14-15H,7H2,1H3/b19-8-/t10-,11+,14-,15+. The summed E-state index contributed by atoms with van der Waals surface area (Å²) >= 11 is 3.41. The number of carbonyl (C=O) groups excluding carboxylic acids is 2. The van der Waals surface area contributed by atoms with Gasteiger partial charge in [-0.05, 0) is 57.9 Å². The number of hydrazone groups is 1. The maximum atomic E-state index is 12.5. The Morgan fingerprint density at radius 2 is 1.87 bits per heavy atom. The van der Waals surface area contributed by atoms with Gasteiger partial charge in [0.05, 0.1) is 29.6 Å². The molecule has 1 saturated carbocycles. The van der Waals surface area contributed by atoms with E-state index in [2.05, 4.69) is 33.2 Å². The molecule has 2 aliphatic carbocycles. The van der Waals surface area contributed by atoms with Crippen LogP contribution >= 0.6 is 15.9 Å². The highest BCUT2D eigenvalue weighted by Crippen LogP contribution is 2.52. The number of hydrogen-bond acceptors (Lipinski definition) is 4. The predicted octanol–water partition coefficient (Wildman–Crippen LogP) is 2.60. The first-order valence-corrected chi connectivity index (χ1v) is 8.33. The molecule has 0 unspecified atom stereocenters. The number of amides is 2.